The van der Waals surface area contributed by atoms with E-state index in [4.69, 9.17) is 14.2 Å². The van der Waals surface area contributed by atoms with Gasteiger partial charge in [0.1, 0.15) is 5.75 Å². The van der Waals surface area contributed by atoms with Crippen molar-refractivity contribution < 1.29 is 23.8 Å². The largest absolute Gasteiger partial charge is 0.493 e. The minimum Gasteiger partial charge on any atom is -0.493 e. The normalized spacial score (nSPS) is 10.0. The van der Waals surface area contributed by atoms with Crippen molar-refractivity contribution in [1.82, 2.24) is 0 Å². The van der Waals surface area contributed by atoms with Gasteiger partial charge in [0.2, 0.25) is 0 Å². The van der Waals surface area contributed by atoms with Crippen LogP contribution in [-0.4, -0.2) is 25.5 Å². The lowest BCUT2D eigenvalue weighted by atomic mass is 10.1. The van der Waals surface area contributed by atoms with Crippen molar-refractivity contribution in [2.24, 2.45) is 0 Å². The summed E-state index contributed by atoms with van der Waals surface area (Å²) in [5.41, 5.74) is 1.59. The van der Waals surface area contributed by atoms with Crippen molar-refractivity contribution in [1.29, 1.82) is 0 Å². The number of carbonyl (C=O) groups is 2. The Morgan fingerprint density at radius 3 is 2.30 bits per heavy atom. The van der Waals surface area contributed by atoms with Gasteiger partial charge in [0.25, 0.3) is 0 Å². The van der Waals surface area contributed by atoms with E-state index in [2.05, 4.69) is 0 Å². The van der Waals surface area contributed by atoms with Gasteiger partial charge in [-0.25, -0.2) is 4.79 Å². The minimum absolute atomic E-state index is 0.0936. The molecule has 2 rings (SSSR count). The van der Waals surface area contributed by atoms with E-state index in [1.54, 1.807) is 18.2 Å². The summed E-state index contributed by atoms with van der Waals surface area (Å²) in [6, 6.07) is 12.0. The average molecular weight is 314 g/mol. The van der Waals surface area contributed by atoms with Crippen LogP contribution in [0.2, 0.25) is 0 Å². The molecular weight excluding hydrogens is 296 g/mol. The Balaban J connectivity index is 1.99. The number of rotatable bonds is 6. The highest BCUT2D eigenvalue weighted by Gasteiger charge is 2.13. The third-order valence-electron chi connectivity index (χ3n) is 3.17. The van der Waals surface area contributed by atoms with Crippen LogP contribution in [0.3, 0.4) is 0 Å². The number of ether oxygens (including phenoxy) is 3. The summed E-state index contributed by atoms with van der Waals surface area (Å²) < 4.78 is 15.7. The molecule has 0 heterocycles. The van der Waals surface area contributed by atoms with Gasteiger partial charge in [-0.2, -0.15) is 0 Å². The van der Waals surface area contributed by atoms with E-state index >= 15 is 0 Å². The molecule has 0 atom stereocenters. The standard InChI is InChI=1S/C18H18O5/c1-12-4-7-15(8-5-12)22-11-18(20)23-16-9-6-14(13(2)19)10-17(16)21-3/h4-10H,11H2,1-3H3. The van der Waals surface area contributed by atoms with Crippen LogP contribution in [0.1, 0.15) is 22.8 Å². The van der Waals surface area contributed by atoms with Crippen molar-refractivity contribution in [3.63, 3.8) is 0 Å². The highest BCUT2D eigenvalue weighted by molar-refractivity contribution is 5.94. The van der Waals surface area contributed by atoms with Crippen LogP contribution in [0.5, 0.6) is 17.2 Å². The van der Waals surface area contributed by atoms with Gasteiger partial charge in [-0.1, -0.05) is 17.7 Å². The first-order valence-electron chi connectivity index (χ1n) is 7.08. The summed E-state index contributed by atoms with van der Waals surface area (Å²) in [6.07, 6.45) is 0. The summed E-state index contributed by atoms with van der Waals surface area (Å²) in [4.78, 5) is 23.2. The molecule has 0 aliphatic carbocycles. The first-order valence-corrected chi connectivity index (χ1v) is 7.08. The quantitative estimate of drug-likeness (QED) is 0.465. The van der Waals surface area contributed by atoms with Gasteiger partial charge < -0.3 is 14.2 Å². The van der Waals surface area contributed by atoms with Crippen molar-refractivity contribution in [2.45, 2.75) is 13.8 Å². The molecule has 0 bridgehead atoms. The summed E-state index contributed by atoms with van der Waals surface area (Å²) in [5.74, 6) is 0.506. The third-order valence-corrected chi connectivity index (χ3v) is 3.17. The molecule has 0 aliphatic heterocycles. The molecule has 0 aliphatic rings. The van der Waals surface area contributed by atoms with Gasteiger partial charge >= 0.3 is 5.97 Å². The highest BCUT2D eigenvalue weighted by atomic mass is 16.6. The maximum absolute atomic E-state index is 11.9. The van der Waals surface area contributed by atoms with Crippen molar-refractivity contribution in [3.8, 4) is 17.2 Å². The molecule has 0 aromatic heterocycles. The minimum atomic E-state index is -0.556. The Hall–Kier alpha value is -2.82. The molecular formula is C18H18O5. The Kier molecular flexibility index (Phi) is 5.36. The van der Waals surface area contributed by atoms with Gasteiger partial charge in [0, 0.05) is 5.56 Å². The topological polar surface area (TPSA) is 61.8 Å². The number of methoxy groups -OCH3 is 1. The maximum atomic E-state index is 11.9. The zero-order valence-corrected chi connectivity index (χ0v) is 13.3. The molecule has 0 N–H and O–H groups in total. The van der Waals surface area contributed by atoms with E-state index in [0.29, 0.717) is 17.1 Å². The maximum Gasteiger partial charge on any atom is 0.349 e. The lowest BCUT2D eigenvalue weighted by molar-refractivity contribution is -0.136. The lowest BCUT2D eigenvalue weighted by Gasteiger charge is -2.11. The fourth-order valence-electron chi connectivity index (χ4n) is 1.90. The van der Waals surface area contributed by atoms with E-state index in [-0.39, 0.29) is 18.1 Å². The fraction of sp³-hybridized carbons (Fsp3) is 0.222. The SMILES string of the molecule is COc1cc(C(C)=O)ccc1OC(=O)COc1ccc(C)cc1. The number of esters is 1. The first kappa shape index (κ1) is 16.5. The number of aryl methyl sites for hydroxylation is 1. The molecule has 120 valence electrons. The smallest absolute Gasteiger partial charge is 0.349 e. The van der Waals surface area contributed by atoms with E-state index in [1.165, 1.54) is 26.2 Å². The Labute approximate surface area is 134 Å². The molecule has 0 unspecified atom stereocenters. The van der Waals surface area contributed by atoms with Gasteiger partial charge in [0.15, 0.2) is 23.9 Å². The predicted molar refractivity (Wildman–Crippen MR) is 85.3 cm³/mol. The number of Topliss-reactive ketones (excluding diaryl/α,β-unsaturated/α-hetero) is 1. The summed E-state index contributed by atoms with van der Waals surface area (Å²) >= 11 is 0. The molecule has 0 saturated carbocycles. The average Bonchev–Trinajstić information content (AvgIpc) is 2.54. The lowest BCUT2D eigenvalue weighted by Crippen LogP contribution is -2.18. The van der Waals surface area contributed by atoms with Gasteiger partial charge in [-0.05, 0) is 44.2 Å². The van der Waals surface area contributed by atoms with Crippen LogP contribution in [-0.2, 0) is 4.79 Å². The summed E-state index contributed by atoms with van der Waals surface area (Å²) in [6.45, 7) is 3.20. The van der Waals surface area contributed by atoms with Crippen LogP contribution in [0.4, 0.5) is 0 Å². The van der Waals surface area contributed by atoms with Crippen LogP contribution < -0.4 is 14.2 Å². The Bertz CT molecular complexity index is 704. The van der Waals surface area contributed by atoms with Crippen LogP contribution >= 0.6 is 0 Å². The number of benzene rings is 2. The Morgan fingerprint density at radius 1 is 1.00 bits per heavy atom. The van der Waals surface area contributed by atoms with Crippen LogP contribution in [0.25, 0.3) is 0 Å². The van der Waals surface area contributed by atoms with E-state index < -0.39 is 5.97 Å². The second kappa shape index (κ2) is 7.45. The second-order valence-corrected chi connectivity index (χ2v) is 5.00. The number of ketones is 1. The van der Waals surface area contributed by atoms with E-state index in [9.17, 15) is 9.59 Å². The number of carbonyl (C=O) groups excluding carboxylic acids is 2. The highest BCUT2D eigenvalue weighted by Crippen LogP contribution is 2.28. The molecule has 5 nitrogen and oxygen atoms in total. The summed E-state index contributed by atoms with van der Waals surface area (Å²) in [7, 11) is 1.44. The molecule has 0 fully saturated rings. The van der Waals surface area contributed by atoms with Crippen LogP contribution in [0, 0.1) is 6.92 Å². The molecule has 5 heteroatoms. The zero-order valence-electron chi connectivity index (χ0n) is 13.3. The number of hydrogen-bond donors (Lipinski definition) is 0. The predicted octanol–water partition coefficient (Wildman–Crippen LogP) is 3.19. The molecule has 0 saturated heterocycles. The monoisotopic (exact) mass is 314 g/mol. The third kappa shape index (κ3) is 4.57. The van der Waals surface area contributed by atoms with Crippen molar-refractivity contribution in [2.75, 3.05) is 13.7 Å². The molecule has 2 aromatic rings. The van der Waals surface area contributed by atoms with E-state index in [1.807, 2.05) is 19.1 Å². The summed E-state index contributed by atoms with van der Waals surface area (Å²) in [5, 5.41) is 0. The molecule has 2 aromatic carbocycles. The van der Waals surface area contributed by atoms with E-state index in [0.717, 1.165) is 5.56 Å². The number of hydrogen-bond acceptors (Lipinski definition) is 5. The molecule has 0 radical (unpaired) electrons. The molecule has 0 amide bonds. The fourth-order valence-corrected chi connectivity index (χ4v) is 1.90. The van der Waals surface area contributed by atoms with Gasteiger partial charge in [0.05, 0.1) is 7.11 Å². The Morgan fingerprint density at radius 2 is 1.70 bits per heavy atom. The molecule has 0 spiro atoms. The van der Waals surface area contributed by atoms with Crippen LogP contribution in [0.15, 0.2) is 42.5 Å². The second-order valence-electron chi connectivity index (χ2n) is 5.00. The van der Waals surface area contributed by atoms with Crippen molar-refractivity contribution >= 4 is 11.8 Å². The van der Waals surface area contributed by atoms with Gasteiger partial charge in [-0.15, -0.1) is 0 Å². The zero-order chi connectivity index (χ0) is 16.8. The first-order chi connectivity index (χ1) is 11.0. The van der Waals surface area contributed by atoms with Gasteiger partial charge in [-0.3, -0.25) is 4.79 Å². The van der Waals surface area contributed by atoms with Crippen molar-refractivity contribution in [3.05, 3.63) is 53.6 Å². The molecule has 23 heavy (non-hydrogen) atoms.